The fourth-order valence-corrected chi connectivity index (χ4v) is 4.88. The number of hydrogen-bond donors (Lipinski definition) is 2. The lowest BCUT2D eigenvalue weighted by molar-refractivity contribution is -0.122. The van der Waals surface area contributed by atoms with Gasteiger partial charge in [-0.05, 0) is 42.7 Å². The highest BCUT2D eigenvalue weighted by Gasteiger charge is 2.29. The van der Waals surface area contributed by atoms with E-state index < -0.39 is 0 Å². The molecule has 0 spiro atoms. The molecule has 2 heterocycles. The number of benzene rings is 2. The molecule has 33 heavy (non-hydrogen) atoms. The van der Waals surface area contributed by atoms with Gasteiger partial charge in [-0.15, -0.1) is 0 Å². The van der Waals surface area contributed by atoms with Crippen LogP contribution in [0.5, 0.6) is 5.75 Å². The van der Waals surface area contributed by atoms with Gasteiger partial charge >= 0.3 is 0 Å². The Hall–Kier alpha value is -3.17. The van der Waals surface area contributed by atoms with Crippen LogP contribution in [0.15, 0.2) is 36.4 Å². The first-order valence-corrected chi connectivity index (χ1v) is 11.9. The quantitative estimate of drug-likeness (QED) is 0.554. The summed E-state index contributed by atoms with van der Waals surface area (Å²) in [6.45, 7) is 3.48. The third-order valence-corrected chi connectivity index (χ3v) is 6.90. The number of morpholine rings is 1. The van der Waals surface area contributed by atoms with Crippen LogP contribution in [0.25, 0.3) is 10.2 Å². The van der Waals surface area contributed by atoms with E-state index in [0.29, 0.717) is 36.2 Å². The van der Waals surface area contributed by atoms with Crippen molar-refractivity contribution in [3.05, 3.63) is 47.5 Å². The van der Waals surface area contributed by atoms with Gasteiger partial charge in [-0.3, -0.25) is 14.9 Å². The Morgan fingerprint density at radius 2 is 1.91 bits per heavy atom. The lowest BCUT2D eigenvalue weighted by Crippen LogP contribution is -2.36. The molecular formula is C24H26N4O4S. The molecular weight excluding hydrogens is 440 g/mol. The zero-order valence-electron chi connectivity index (χ0n) is 18.4. The molecule has 0 unspecified atom stereocenters. The average Bonchev–Trinajstić information content (AvgIpc) is 3.62. The van der Waals surface area contributed by atoms with E-state index in [1.54, 1.807) is 19.2 Å². The van der Waals surface area contributed by atoms with Crippen molar-refractivity contribution in [2.24, 2.45) is 5.92 Å². The van der Waals surface area contributed by atoms with Crippen LogP contribution < -0.4 is 20.3 Å². The van der Waals surface area contributed by atoms with Gasteiger partial charge in [-0.2, -0.15) is 0 Å². The van der Waals surface area contributed by atoms with Crippen molar-refractivity contribution in [1.29, 1.82) is 0 Å². The number of anilines is 2. The molecule has 2 aromatic carbocycles. The second-order valence-electron chi connectivity index (χ2n) is 8.23. The van der Waals surface area contributed by atoms with Crippen molar-refractivity contribution in [3.8, 4) is 5.75 Å². The summed E-state index contributed by atoms with van der Waals surface area (Å²) in [7, 11) is 1.62. The molecule has 1 aliphatic heterocycles. The monoisotopic (exact) mass is 466 g/mol. The molecule has 1 saturated carbocycles. The van der Waals surface area contributed by atoms with Gasteiger partial charge in [0.25, 0.3) is 5.91 Å². The van der Waals surface area contributed by atoms with Gasteiger partial charge in [-0.25, -0.2) is 4.98 Å². The molecule has 3 aromatic rings. The Labute approximate surface area is 195 Å². The first-order chi connectivity index (χ1) is 16.1. The summed E-state index contributed by atoms with van der Waals surface area (Å²) in [6, 6.07) is 11.2. The molecule has 2 aliphatic rings. The largest absolute Gasteiger partial charge is 0.494 e. The molecule has 0 atom stereocenters. The maximum atomic E-state index is 12.8. The van der Waals surface area contributed by atoms with Crippen LogP contribution in [-0.2, 0) is 16.1 Å². The standard InChI is InChI=1S/C24H26N4O4S/c1-31-19-9-8-18(28-10-12-32-13-11-28)21-20(19)26-24(33-21)27-23(30)17-4-2-15(3-5-17)14-25-22(29)16-6-7-16/h2-5,8-9,16H,6-7,10-14H2,1H3,(H,25,29)(H,26,27,30). The zero-order chi connectivity index (χ0) is 22.8. The van der Waals surface area contributed by atoms with Gasteiger partial charge < -0.3 is 19.7 Å². The number of hydrogen-bond acceptors (Lipinski definition) is 7. The van der Waals surface area contributed by atoms with Gasteiger partial charge in [0, 0.05) is 31.1 Å². The molecule has 1 aromatic heterocycles. The van der Waals surface area contributed by atoms with Crippen molar-refractivity contribution in [2.45, 2.75) is 19.4 Å². The Morgan fingerprint density at radius 1 is 1.15 bits per heavy atom. The minimum absolute atomic E-state index is 0.111. The van der Waals surface area contributed by atoms with Gasteiger partial charge in [-0.1, -0.05) is 23.5 Å². The maximum Gasteiger partial charge on any atom is 0.257 e. The first kappa shape index (κ1) is 21.7. The third-order valence-electron chi connectivity index (χ3n) is 5.91. The third kappa shape index (κ3) is 4.79. The first-order valence-electron chi connectivity index (χ1n) is 11.1. The van der Waals surface area contributed by atoms with Gasteiger partial charge in [0.15, 0.2) is 5.13 Å². The number of nitrogens with zero attached hydrogens (tertiary/aromatic N) is 2. The highest BCUT2D eigenvalue weighted by molar-refractivity contribution is 7.23. The lowest BCUT2D eigenvalue weighted by Gasteiger charge is -2.29. The Bertz CT molecular complexity index is 1170. The molecule has 1 aliphatic carbocycles. The molecule has 1 saturated heterocycles. The van der Waals surface area contributed by atoms with Gasteiger partial charge in [0.1, 0.15) is 11.3 Å². The van der Waals surface area contributed by atoms with E-state index >= 15 is 0 Å². The summed E-state index contributed by atoms with van der Waals surface area (Å²) in [4.78, 5) is 31.6. The fourth-order valence-electron chi connectivity index (χ4n) is 3.86. The highest BCUT2D eigenvalue weighted by Crippen LogP contribution is 2.39. The number of fused-ring (bicyclic) bond motifs is 1. The normalized spacial score (nSPS) is 16.0. The second kappa shape index (κ2) is 9.36. The van der Waals surface area contributed by atoms with Crippen molar-refractivity contribution in [3.63, 3.8) is 0 Å². The number of carbonyl (C=O) groups is 2. The molecule has 0 radical (unpaired) electrons. The molecule has 2 amide bonds. The van der Waals surface area contributed by atoms with E-state index in [1.165, 1.54) is 11.3 Å². The fraction of sp³-hybridized carbons (Fsp3) is 0.375. The van der Waals surface area contributed by atoms with E-state index in [2.05, 4.69) is 20.5 Å². The van der Waals surface area contributed by atoms with Crippen LogP contribution in [0, 0.1) is 5.92 Å². The van der Waals surface area contributed by atoms with Gasteiger partial charge in [0.05, 0.1) is 30.7 Å². The molecule has 2 fully saturated rings. The van der Waals surface area contributed by atoms with E-state index in [4.69, 9.17) is 9.47 Å². The average molecular weight is 467 g/mol. The molecule has 0 bridgehead atoms. The Kier molecular flexibility index (Phi) is 6.15. The summed E-state index contributed by atoms with van der Waals surface area (Å²) >= 11 is 1.44. The Balaban J connectivity index is 1.30. The molecule has 9 heteroatoms. The number of aromatic nitrogens is 1. The lowest BCUT2D eigenvalue weighted by atomic mass is 10.1. The van der Waals surface area contributed by atoms with Crippen molar-refractivity contribution in [2.75, 3.05) is 43.6 Å². The van der Waals surface area contributed by atoms with Crippen LogP contribution in [0.1, 0.15) is 28.8 Å². The van der Waals surface area contributed by atoms with Crippen LogP contribution >= 0.6 is 11.3 Å². The van der Waals surface area contributed by atoms with Crippen molar-refractivity contribution >= 4 is 44.2 Å². The number of carbonyl (C=O) groups excluding carboxylic acids is 2. The van der Waals surface area contributed by atoms with Crippen LogP contribution in [0.3, 0.4) is 0 Å². The molecule has 172 valence electrons. The summed E-state index contributed by atoms with van der Waals surface area (Å²) in [5.41, 5.74) is 3.31. The van der Waals surface area contributed by atoms with Crippen molar-refractivity contribution in [1.82, 2.24) is 10.3 Å². The van der Waals surface area contributed by atoms with E-state index in [-0.39, 0.29) is 17.7 Å². The van der Waals surface area contributed by atoms with Crippen molar-refractivity contribution < 1.29 is 19.1 Å². The van der Waals surface area contributed by atoms with Crippen LogP contribution in [0.2, 0.25) is 0 Å². The maximum absolute atomic E-state index is 12.8. The summed E-state index contributed by atoms with van der Waals surface area (Å²) in [5.74, 6) is 0.747. The summed E-state index contributed by atoms with van der Waals surface area (Å²) in [6.07, 6.45) is 1.97. The Morgan fingerprint density at radius 3 is 2.61 bits per heavy atom. The van der Waals surface area contributed by atoms with Crippen LogP contribution in [-0.4, -0.2) is 50.2 Å². The topological polar surface area (TPSA) is 92.8 Å². The number of ether oxygens (including phenoxy) is 2. The van der Waals surface area contributed by atoms with Crippen LogP contribution in [0.4, 0.5) is 10.8 Å². The summed E-state index contributed by atoms with van der Waals surface area (Å²) < 4.78 is 12.0. The number of rotatable bonds is 7. The van der Waals surface area contributed by atoms with E-state index in [0.717, 1.165) is 47.4 Å². The van der Waals surface area contributed by atoms with Gasteiger partial charge in [0.2, 0.25) is 5.91 Å². The molecule has 8 nitrogen and oxygen atoms in total. The highest BCUT2D eigenvalue weighted by atomic mass is 32.1. The SMILES string of the molecule is COc1ccc(N2CCOCC2)c2sc(NC(=O)c3ccc(CNC(=O)C4CC4)cc3)nc12. The number of methoxy groups -OCH3 is 1. The minimum Gasteiger partial charge on any atom is -0.494 e. The number of thiazole rings is 1. The minimum atomic E-state index is -0.227. The predicted octanol–water partition coefficient (Wildman–Crippen LogP) is 3.42. The predicted molar refractivity (Wildman–Crippen MR) is 128 cm³/mol. The summed E-state index contributed by atoms with van der Waals surface area (Å²) in [5, 5.41) is 6.38. The zero-order valence-corrected chi connectivity index (χ0v) is 19.2. The van der Waals surface area contributed by atoms with E-state index in [1.807, 2.05) is 24.3 Å². The number of nitrogens with one attached hydrogen (secondary N) is 2. The molecule has 5 rings (SSSR count). The number of amides is 2. The second-order valence-corrected chi connectivity index (χ2v) is 9.23. The smallest absolute Gasteiger partial charge is 0.257 e. The molecule has 2 N–H and O–H groups in total. The van der Waals surface area contributed by atoms with E-state index in [9.17, 15) is 9.59 Å².